The maximum Gasteiger partial charge on any atom is 0.240 e. The minimum atomic E-state index is -0.127. The van der Waals surface area contributed by atoms with E-state index in [0.29, 0.717) is 18.0 Å². The van der Waals surface area contributed by atoms with Crippen LogP contribution in [0, 0.1) is 0 Å². The van der Waals surface area contributed by atoms with Gasteiger partial charge >= 0.3 is 0 Å². The molecule has 5 heteroatoms. The van der Waals surface area contributed by atoms with Crippen LogP contribution in [0.3, 0.4) is 0 Å². The number of carbonyl (C=O) groups is 2. The van der Waals surface area contributed by atoms with Gasteiger partial charge in [-0.1, -0.05) is 23.7 Å². The van der Waals surface area contributed by atoms with Gasteiger partial charge in [0.05, 0.1) is 12.6 Å². The second-order valence-electron chi connectivity index (χ2n) is 4.76. The summed E-state index contributed by atoms with van der Waals surface area (Å²) in [7, 11) is 0. The van der Waals surface area contributed by atoms with Gasteiger partial charge in [-0.05, 0) is 31.0 Å². The highest BCUT2D eigenvalue weighted by atomic mass is 35.5. The van der Waals surface area contributed by atoms with Crippen molar-refractivity contribution in [2.75, 3.05) is 13.1 Å². The van der Waals surface area contributed by atoms with E-state index in [0.717, 1.165) is 12.0 Å². The molecule has 0 aliphatic carbocycles. The van der Waals surface area contributed by atoms with E-state index >= 15 is 0 Å². The van der Waals surface area contributed by atoms with Crippen LogP contribution in [0.2, 0.25) is 5.02 Å². The van der Waals surface area contributed by atoms with Crippen LogP contribution >= 0.6 is 11.6 Å². The van der Waals surface area contributed by atoms with Crippen LogP contribution < -0.4 is 5.32 Å². The topological polar surface area (TPSA) is 49.4 Å². The molecule has 0 radical (unpaired) electrons. The molecule has 1 fully saturated rings. The van der Waals surface area contributed by atoms with Gasteiger partial charge in [-0.25, -0.2) is 0 Å². The molecule has 1 heterocycles. The van der Waals surface area contributed by atoms with E-state index in [9.17, 15) is 9.59 Å². The lowest BCUT2D eigenvalue weighted by Gasteiger charge is -2.18. The van der Waals surface area contributed by atoms with E-state index in [4.69, 9.17) is 11.6 Å². The summed E-state index contributed by atoms with van der Waals surface area (Å²) in [6, 6.07) is 7.26. The fraction of sp³-hybridized carbons (Fsp3) is 0.429. The fourth-order valence-electron chi connectivity index (χ4n) is 2.17. The van der Waals surface area contributed by atoms with Gasteiger partial charge in [0.25, 0.3) is 0 Å². The molecule has 1 N–H and O–H groups in total. The molecular formula is C14H17ClN2O2. The highest BCUT2D eigenvalue weighted by Gasteiger charge is 2.22. The van der Waals surface area contributed by atoms with Crippen molar-refractivity contribution in [1.82, 2.24) is 10.2 Å². The standard InChI is InChI=1S/C14H17ClN2O2/c1-10(11-4-6-12(15)7-5-11)16-13(18)9-17-8-2-3-14(17)19/h4-7,10H,2-3,8-9H2,1H3,(H,16,18). The summed E-state index contributed by atoms with van der Waals surface area (Å²) in [6.45, 7) is 2.74. The molecule has 19 heavy (non-hydrogen) atoms. The largest absolute Gasteiger partial charge is 0.348 e. The number of halogens is 1. The second kappa shape index (κ2) is 6.06. The van der Waals surface area contributed by atoms with Gasteiger partial charge in [0, 0.05) is 18.0 Å². The van der Waals surface area contributed by atoms with E-state index in [-0.39, 0.29) is 24.4 Å². The lowest BCUT2D eigenvalue weighted by molar-refractivity contribution is -0.133. The lowest BCUT2D eigenvalue weighted by Crippen LogP contribution is -2.38. The highest BCUT2D eigenvalue weighted by Crippen LogP contribution is 2.16. The zero-order valence-corrected chi connectivity index (χ0v) is 11.6. The molecule has 4 nitrogen and oxygen atoms in total. The molecule has 0 spiro atoms. The van der Waals surface area contributed by atoms with Crippen LogP contribution in [0.15, 0.2) is 24.3 Å². The Morgan fingerprint density at radius 1 is 1.42 bits per heavy atom. The Kier molecular flexibility index (Phi) is 4.43. The van der Waals surface area contributed by atoms with Gasteiger partial charge < -0.3 is 10.2 Å². The monoisotopic (exact) mass is 280 g/mol. The Bertz CT molecular complexity index is 473. The smallest absolute Gasteiger partial charge is 0.240 e. The van der Waals surface area contributed by atoms with Crippen molar-refractivity contribution in [2.24, 2.45) is 0 Å². The Balaban J connectivity index is 1.87. The molecule has 0 bridgehead atoms. The summed E-state index contributed by atoms with van der Waals surface area (Å²) in [5, 5.41) is 3.56. The molecule has 1 unspecified atom stereocenters. The molecule has 1 saturated heterocycles. The minimum absolute atomic E-state index is 0.0642. The summed E-state index contributed by atoms with van der Waals surface area (Å²) in [5.74, 6) is -0.0630. The molecular weight excluding hydrogens is 264 g/mol. The molecule has 1 aromatic rings. The molecule has 2 amide bonds. The van der Waals surface area contributed by atoms with Crippen LogP contribution in [-0.2, 0) is 9.59 Å². The van der Waals surface area contributed by atoms with Gasteiger partial charge in [0.2, 0.25) is 11.8 Å². The molecule has 2 rings (SSSR count). The first-order valence-electron chi connectivity index (χ1n) is 6.39. The van der Waals surface area contributed by atoms with E-state index in [1.54, 1.807) is 17.0 Å². The van der Waals surface area contributed by atoms with Crippen molar-refractivity contribution in [3.8, 4) is 0 Å². The first-order chi connectivity index (χ1) is 9.06. The van der Waals surface area contributed by atoms with Gasteiger partial charge in [-0.2, -0.15) is 0 Å². The third-order valence-corrected chi connectivity index (χ3v) is 3.51. The average molecular weight is 281 g/mol. The third-order valence-electron chi connectivity index (χ3n) is 3.25. The maximum atomic E-state index is 11.9. The van der Waals surface area contributed by atoms with E-state index < -0.39 is 0 Å². The third kappa shape index (κ3) is 3.70. The Morgan fingerprint density at radius 2 is 2.11 bits per heavy atom. The highest BCUT2D eigenvalue weighted by molar-refractivity contribution is 6.30. The van der Waals surface area contributed by atoms with Crippen LogP contribution in [0.5, 0.6) is 0 Å². The van der Waals surface area contributed by atoms with Gasteiger partial charge in [-0.3, -0.25) is 9.59 Å². The van der Waals surface area contributed by atoms with Gasteiger partial charge in [0.1, 0.15) is 0 Å². The van der Waals surface area contributed by atoms with Crippen molar-refractivity contribution in [3.63, 3.8) is 0 Å². The van der Waals surface area contributed by atoms with Gasteiger partial charge in [-0.15, -0.1) is 0 Å². The van der Waals surface area contributed by atoms with Crippen LogP contribution in [-0.4, -0.2) is 29.8 Å². The summed E-state index contributed by atoms with van der Waals surface area (Å²) >= 11 is 5.82. The van der Waals surface area contributed by atoms with Gasteiger partial charge in [0.15, 0.2) is 0 Å². The van der Waals surface area contributed by atoms with Crippen molar-refractivity contribution in [3.05, 3.63) is 34.9 Å². The van der Waals surface area contributed by atoms with Crippen LogP contribution in [0.4, 0.5) is 0 Å². The second-order valence-corrected chi connectivity index (χ2v) is 5.20. The van der Waals surface area contributed by atoms with Crippen molar-refractivity contribution < 1.29 is 9.59 Å². The molecule has 1 aromatic carbocycles. The molecule has 1 aliphatic heterocycles. The number of hydrogen-bond donors (Lipinski definition) is 1. The molecule has 1 atom stereocenters. The summed E-state index contributed by atoms with van der Waals surface area (Å²) in [6.07, 6.45) is 1.40. The maximum absolute atomic E-state index is 11.9. The van der Waals surface area contributed by atoms with Crippen LogP contribution in [0.25, 0.3) is 0 Å². The molecule has 0 aromatic heterocycles. The minimum Gasteiger partial charge on any atom is -0.348 e. The normalized spacial score (nSPS) is 16.5. The number of rotatable bonds is 4. The Hall–Kier alpha value is -1.55. The summed E-state index contributed by atoms with van der Waals surface area (Å²) in [4.78, 5) is 24.9. The first-order valence-corrected chi connectivity index (χ1v) is 6.76. The number of likely N-dealkylation sites (tertiary alicyclic amines) is 1. The number of amides is 2. The SMILES string of the molecule is CC(NC(=O)CN1CCCC1=O)c1ccc(Cl)cc1. The van der Waals surface area contributed by atoms with E-state index in [1.165, 1.54) is 0 Å². The summed E-state index contributed by atoms with van der Waals surface area (Å²) in [5.41, 5.74) is 0.991. The predicted molar refractivity (Wildman–Crippen MR) is 73.8 cm³/mol. The van der Waals surface area contributed by atoms with Crippen molar-refractivity contribution in [2.45, 2.75) is 25.8 Å². The average Bonchev–Trinajstić information content (AvgIpc) is 2.75. The Labute approximate surface area is 117 Å². The van der Waals surface area contributed by atoms with E-state index in [2.05, 4.69) is 5.32 Å². The molecule has 102 valence electrons. The fourth-order valence-corrected chi connectivity index (χ4v) is 2.29. The predicted octanol–water partition coefficient (Wildman–Crippen LogP) is 2.14. The summed E-state index contributed by atoms with van der Waals surface area (Å²) < 4.78 is 0. The van der Waals surface area contributed by atoms with E-state index in [1.807, 2.05) is 19.1 Å². The molecule has 1 aliphatic rings. The first kappa shape index (κ1) is 13.9. The van der Waals surface area contributed by atoms with Crippen LogP contribution in [0.1, 0.15) is 31.4 Å². The zero-order valence-electron chi connectivity index (χ0n) is 10.9. The number of hydrogen-bond acceptors (Lipinski definition) is 2. The number of nitrogens with zero attached hydrogens (tertiary/aromatic N) is 1. The number of carbonyl (C=O) groups excluding carboxylic acids is 2. The number of nitrogens with one attached hydrogen (secondary N) is 1. The Morgan fingerprint density at radius 3 is 2.68 bits per heavy atom. The molecule has 0 saturated carbocycles. The zero-order chi connectivity index (χ0) is 13.8. The van der Waals surface area contributed by atoms with Crippen molar-refractivity contribution >= 4 is 23.4 Å². The lowest BCUT2D eigenvalue weighted by atomic mass is 10.1. The number of benzene rings is 1. The van der Waals surface area contributed by atoms with Crippen molar-refractivity contribution in [1.29, 1.82) is 0 Å². The quantitative estimate of drug-likeness (QED) is 0.919.